The van der Waals surface area contributed by atoms with Gasteiger partial charge in [-0.2, -0.15) is 4.68 Å². The summed E-state index contributed by atoms with van der Waals surface area (Å²) in [6.45, 7) is 5.77. The summed E-state index contributed by atoms with van der Waals surface area (Å²) in [5.41, 5.74) is 4.62. The number of benzene rings is 2. The first kappa shape index (κ1) is 21.9. The molecule has 3 heterocycles. The van der Waals surface area contributed by atoms with Crippen LogP contribution >= 0.6 is 11.8 Å². The monoisotopic (exact) mass is 474 g/mol. The second kappa shape index (κ2) is 8.45. The molecule has 0 spiro atoms. The van der Waals surface area contributed by atoms with Gasteiger partial charge in [0, 0.05) is 24.3 Å². The van der Waals surface area contributed by atoms with Crippen LogP contribution in [0.25, 0.3) is 22.3 Å². The Morgan fingerprint density at radius 3 is 2.56 bits per heavy atom. The summed E-state index contributed by atoms with van der Waals surface area (Å²) in [5.74, 6) is 0.434. The van der Waals surface area contributed by atoms with Crippen LogP contribution in [0.1, 0.15) is 22.4 Å². The molecule has 0 saturated carbocycles. The summed E-state index contributed by atoms with van der Waals surface area (Å²) in [6.07, 6.45) is 0. The molecule has 5 rings (SSSR count). The Morgan fingerprint density at radius 1 is 1.03 bits per heavy atom. The highest BCUT2D eigenvalue weighted by atomic mass is 32.2. The van der Waals surface area contributed by atoms with Crippen molar-refractivity contribution in [1.82, 2.24) is 29.6 Å². The second-order valence-corrected chi connectivity index (χ2v) is 8.99. The molecule has 10 heteroatoms. The maximum atomic E-state index is 13.4. The lowest BCUT2D eigenvalue weighted by Crippen LogP contribution is -2.22. The van der Waals surface area contributed by atoms with Crippen LogP contribution in [0, 0.1) is 20.8 Å². The van der Waals surface area contributed by atoms with E-state index in [2.05, 4.69) is 15.5 Å². The van der Waals surface area contributed by atoms with Gasteiger partial charge in [-0.1, -0.05) is 42.1 Å². The minimum absolute atomic E-state index is 0.225. The highest BCUT2D eigenvalue weighted by Crippen LogP contribution is 2.29. The normalized spacial score (nSPS) is 11.4. The van der Waals surface area contributed by atoms with E-state index in [0.717, 1.165) is 33.5 Å². The largest absolute Gasteiger partial charge is 0.422 e. The Morgan fingerprint density at radius 2 is 1.79 bits per heavy atom. The molecule has 3 aromatic heterocycles. The maximum absolute atomic E-state index is 13.4. The number of para-hydroxylation sites is 1. The van der Waals surface area contributed by atoms with Gasteiger partial charge in [0.2, 0.25) is 5.16 Å². The number of hydrogen-bond donors (Lipinski definition) is 0. The minimum atomic E-state index is -0.402. The molecule has 0 radical (unpaired) electrons. The van der Waals surface area contributed by atoms with Crippen molar-refractivity contribution in [2.24, 2.45) is 7.05 Å². The van der Waals surface area contributed by atoms with Gasteiger partial charge in [-0.05, 0) is 60.0 Å². The minimum Gasteiger partial charge on any atom is -0.422 e. The number of aryl methyl sites for hydroxylation is 2. The molecule has 0 aliphatic carbocycles. The summed E-state index contributed by atoms with van der Waals surface area (Å²) in [6, 6.07) is 14.9. The number of aromatic nitrogens is 6. The fraction of sp³-hybridized carbons (Fsp3) is 0.208. The molecular formula is C24H22N6O3S. The Hall–Kier alpha value is -3.92. The third-order valence-electron chi connectivity index (χ3n) is 6.05. The molecule has 0 atom stereocenters. The van der Waals surface area contributed by atoms with Crippen molar-refractivity contribution in [2.45, 2.75) is 31.7 Å². The van der Waals surface area contributed by atoms with E-state index in [-0.39, 0.29) is 5.56 Å². The zero-order valence-corrected chi connectivity index (χ0v) is 20.0. The van der Waals surface area contributed by atoms with Crippen molar-refractivity contribution in [3.05, 3.63) is 91.7 Å². The van der Waals surface area contributed by atoms with Gasteiger partial charge in [0.1, 0.15) is 5.58 Å². The Bertz CT molecular complexity index is 1650. The van der Waals surface area contributed by atoms with Gasteiger partial charge in [0.05, 0.1) is 11.4 Å². The fourth-order valence-corrected chi connectivity index (χ4v) is 4.86. The smallest absolute Gasteiger partial charge is 0.336 e. The van der Waals surface area contributed by atoms with E-state index in [1.807, 2.05) is 70.3 Å². The van der Waals surface area contributed by atoms with Crippen LogP contribution in [0.2, 0.25) is 0 Å². The van der Waals surface area contributed by atoms with E-state index in [1.54, 1.807) is 9.36 Å². The predicted molar refractivity (Wildman–Crippen MR) is 130 cm³/mol. The summed E-state index contributed by atoms with van der Waals surface area (Å²) in [7, 11) is 1.82. The zero-order valence-electron chi connectivity index (χ0n) is 19.1. The molecule has 2 aromatic carbocycles. The van der Waals surface area contributed by atoms with Crippen LogP contribution in [0.4, 0.5) is 0 Å². The van der Waals surface area contributed by atoms with Crippen molar-refractivity contribution in [2.75, 3.05) is 0 Å². The summed E-state index contributed by atoms with van der Waals surface area (Å²) in [4.78, 5) is 25.6. The Balaban J connectivity index is 1.54. The van der Waals surface area contributed by atoms with E-state index in [4.69, 9.17) is 4.42 Å². The van der Waals surface area contributed by atoms with E-state index < -0.39 is 5.63 Å². The van der Waals surface area contributed by atoms with Crippen molar-refractivity contribution in [1.29, 1.82) is 0 Å². The van der Waals surface area contributed by atoms with Gasteiger partial charge in [-0.25, -0.2) is 9.48 Å². The first-order valence-electron chi connectivity index (χ1n) is 10.7. The number of thioether (sulfide) groups is 1. The van der Waals surface area contributed by atoms with Crippen LogP contribution in [-0.4, -0.2) is 29.6 Å². The van der Waals surface area contributed by atoms with Crippen molar-refractivity contribution < 1.29 is 4.42 Å². The van der Waals surface area contributed by atoms with Crippen molar-refractivity contribution in [3.8, 4) is 11.4 Å². The van der Waals surface area contributed by atoms with Crippen molar-refractivity contribution >= 4 is 22.7 Å². The van der Waals surface area contributed by atoms with Crippen LogP contribution < -0.4 is 11.2 Å². The van der Waals surface area contributed by atoms with E-state index in [1.165, 1.54) is 22.5 Å². The molecule has 5 aromatic rings. The molecule has 172 valence electrons. The summed E-state index contributed by atoms with van der Waals surface area (Å²) >= 11 is 1.35. The quantitative estimate of drug-likeness (QED) is 0.284. The maximum Gasteiger partial charge on any atom is 0.336 e. The van der Waals surface area contributed by atoms with Crippen LogP contribution in [0.15, 0.2) is 67.7 Å². The molecule has 0 aliphatic rings. The topological polar surface area (TPSA) is 101 Å². The van der Waals surface area contributed by atoms with Gasteiger partial charge in [0.25, 0.3) is 5.56 Å². The highest BCUT2D eigenvalue weighted by molar-refractivity contribution is 7.98. The third kappa shape index (κ3) is 3.56. The molecule has 0 amide bonds. The standard InChI is InChI=1S/C24H22N6O3S/c1-14-10-11-19-17(12-20(31)33-22(19)15(14)2)13-34-24-25-26-27-29(24)21-16(3)28(4)30(23(21)32)18-8-6-5-7-9-18/h5-12H,13H2,1-4H3. The van der Waals surface area contributed by atoms with Crippen LogP contribution in [0.5, 0.6) is 0 Å². The lowest BCUT2D eigenvalue weighted by Gasteiger charge is -2.08. The molecule has 0 unspecified atom stereocenters. The lowest BCUT2D eigenvalue weighted by molar-refractivity contribution is 0.557. The van der Waals surface area contributed by atoms with Crippen LogP contribution in [-0.2, 0) is 12.8 Å². The molecule has 0 aliphatic heterocycles. The molecule has 0 fully saturated rings. The lowest BCUT2D eigenvalue weighted by atomic mass is 10.0. The first-order valence-corrected chi connectivity index (χ1v) is 11.6. The van der Waals surface area contributed by atoms with Gasteiger partial charge in [0.15, 0.2) is 5.69 Å². The average molecular weight is 475 g/mol. The average Bonchev–Trinajstić information content (AvgIpc) is 3.37. The van der Waals surface area contributed by atoms with E-state index in [0.29, 0.717) is 22.2 Å². The molecule has 0 N–H and O–H groups in total. The van der Waals surface area contributed by atoms with E-state index >= 15 is 0 Å². The van der Waals surface area contributed by atoms with Gasteiger partial charge in [-0.3, -0.25) is 9.48 Å². The number of tetrazole rings is 1. The molecular weight excluding hydrogens is 452 g/mol. The number of fused-ring (bicyclic) bond motifs is 1. The molecule has 0 saturated heterocycles. The third-order valence-corrected chi connectivity index (χ3v) is 7.02. The molecule has 9 nitrogen and oxygen atoms in total. The van der Waals surface area contributed by atoms with Gasteiger partial charge >= 0.3 is 5.63 Å². The molecule has 34 heavy (non-hydrogen) atoms. The summed E-state index contributed by atoms with van der Waals surface area (Å²) in [5, 5.41) is 13.4. The van der Waals surface area contributed by atoms with Crippen molar-refractivity contribution in [3.63, 3.8) is 0 Å². The van der Waals surface area contributed by atoms with Crippen LogP contribution in [0.3, 0.4) is 0 Å². The fourth-order valence-electron chi connectivity index (χ4n) is 3.99. The van der Waals surface area contributed by atoms with Gasteiger partial charge in [-0.15, -0.1) is 5.10 Å². The Kier molecular flexibility index (Phi) is 5.45. The van der Waals surface area contributed by atoms with Gasteiger partial charge < -0.3 is 4.42 Å². The predicted octanol–water partition coefficient (Wildman–Crippen LogP) is 3.48. The van der Waals surface area contributed by atoms with E-state index in [9.17, 15) is 9.59 Å². The second-order valence-electron chi connectivity index (χ2n) is 8.05. The highest BCUT2D eigenvalue weighted by Gasteiger charge is 2.22. The number of hydrogen-bond acceptors (Lipinski definition) is 7. The SMILES string of the molecule is Cc1ccc2c(CSc3nnnn3-c3c(C)n(C)n(-c4ccccc4)c3=O)cc(=O)oc2c1C. The Labute approximate surface area is 198 Å². The zero-order chi connectivity index (χ0) is 24.0. The molecule has 0 bridgehead atoms. The number of nitrogens with zero attached hydrogens (tertiary/aromatic N) is 6. The number of rotatable bonds is 5. The first-order chi connectivity index (χ1) is 16.4. The summed E-state index contributed by atoms with van der Waals surface area (Å²) < 4.78 is 10.3.